The van der Waals surface area contributed by atoms with E-state index in [1.165, 1.54) is 72.0 Å². The fourth-order valence-electron chi connectivity index (χ4n) is 3.97. The summed E-state index contributed by atoms with van der Waals surface area (Å²) < 4.78 is 3.81. The SMILES string of the molecule is Cc1c(Br)c2cc(CC3CCNC3)cc3c2n1CCC3. The summed E-state index contributed by atoms with van der Waals surface area (Å²) in [4.78, 5) is 0. The molecule has 0 amide bonds. The Bertz CT molecular complexity index is 665. The molecule has 1 fully saturated rings. The standard InChI is InChI=1S/C17H21BrN2/c1-11-16(18)15-9-13(7-12-4-5-19-10-12)8-14-3-2-6-20(11)17(14)15/h8-9,12,19H,2-7,10H2,1H3. The minimum atomic E-state index is 0.824. The Balaban J connectivity index is 1.82. The van der Waals surface area contributed by atoms with E-state index < -0.39 is 0 Å². The predicted molar refractivity (Wildman–Crippen MR) is 87.4 cm³/mol. The molecule has 1 aromatic heterocycles. The molecule has 0 aliphatic carbocycles. The monoisotopic (exact) mass is 332 g/mol. The molecule has 2 aliphatic heterocycles. The fraction of sp³-hybridized carbons (Fsp3) is 0.529. The minimum absolute atomic E-state index is 0.824. The van der Waals surface area contributed by atoms with E-state index in [2.05, 4.69) is 44.9 Å². The van der Waals surface area contributed by atoms with Crippen molar-refractivity contribution < 1.29 is 0 Å². The number of aryl methyl sites for hydroxylation is 2. The third-order valence-corrected chi connectivity index (χ3v) is 5.99. The van der Waals surface area contributed by atoms with Crippen molar-refractivity contribution in [1.29, 1.82) is 0 Å². The third-order valence-electron chi connectivity index (χ3n) is 4.99. The van der Waals surface area contributed by atoms with Gasteiger partial charge in [0.1, 0.15) is 0 Å². The molecule has 4 rings (SSSR count). The Morgan fingerprint density at radius 1 is 1.40 bits per heavy atom. The van der Waals surface area contributed by atoms with Crippen LogP contribution >= 0.6 is 15.9 Å². The van der Waals surface area contributed by atoms with E-state index in [0.29, 0.717) is 0 Å². The third kappa shape index (κ3) is 1.94. The molecule has 20 heavy (non-hydrogen) atoms. The number of hydrogen-bond donors (Lipinski definition) is 1. The molecule has 0 saturated carbocycles. The van der Waals surface area contributed by atoms with Crippen molar-refractivity contribution in [3.05, 3.63) is 33.4 Å². The second kappa shape index (κ2) is 4.88. The Morgan fingerprint density at radius 3 is 3.10 bits per heavy atom. The highest BCUT2D eigenvalue weighted by Gasteiger charge is 2.21. The van der Waals surface area contributed by atoms with Crippen molar-refractivity contribution in [3.63, 3.8) is 0 Å². The molecule has 106 valence electrons. The van der Waals surface area contributed by atoms with E-state index >= 15 is 0 Å². The van der Waals surface area contributed by atoms with Gasteiger partial charge in [0.05, 0.1) is 5.52 Å². The van der Waals surface area contributed by atoms with Crippen LogP contribution in [0.15, 0.2) is 16.6 Å². The number of nitrogens with one attached hydrogen (secondary N) is 1. The summed E-state index contributed by atoms with van der Waals surface area (Å²) in [6, 6.07) is 4.90. The maximum absolute atomic E-state index is 3.82. The Kier molecular flexibility index (Phi) is 3.15. The molecule has 1 unspecified atom stereocenters. The van der Waals surface area contributed by atoms with Crippen molar-refractivity contribution >= 4 is 26.8 Å². The number of benzene rings is 1. The number of aromatic nitrogens is 1. The summed E-state index contributed by atoms with van der Waals surface area (Å²) in [7, 11) is 0. The van der Waals surface area contributed by atoms with Crippen molar-refractivity contribution in [1.82, 2.24) is 9.88 Å². The van der Waals surface area contributed by atoms with Gasteiger partial charge in [-0.05, 0) is 84.7 Å². The first kappa shape index (κ1) is 12.9. The van der Waals surface area contributed by atoms with Gasteiger partial charge < -0.3 is 9.88 Å². The van der Waals surface area contributed by atoms with Gasteiger partial charge in [0.25, 0.3) is 0 Å². The van der Waals surface area contributed by atoms with Gasteiger partial charge >= 0.3 is 0 Å². The summed E-state index contributed by atoms with van der Waals surface area (Å²) >= 11 is 3.82. The normalized spacial score (nSPS) is 21.8. The largest absolute Gasteiger partial charge is 0.343 e. The van der Waals surface area contributed by atoms with Crippen LogP contribution in [0.5, 0.6) is 0 Å². The number of rotatable bonds is 2. The van der Waals surface area contributed by atoms with Gasteiger partial charge in [0.2, 0.25) is 0 Å². The average molecular weight is 333 g/mol. The van der Waals surface area contributed by atoms with Crippen molar-refractivity contribution in [3.8, 4) is 0 Å². The zero-order chi connectivity index (χ0) is 13.7. The van der Waals surface area contributed by atoms with E-state index in [4.69, 9.17) is 0 Å². The molecule has 0 spiro atoms. The van der Waals surface area contributed by atoms with Crippen LogP contribution in [0.1, 0.15) is 29.7 Å². The highest BCUT2D eigenvalue weighted by molar-refractivity contribution is 9.10. The average Bonchev–Trinajstić information content (AvgIpc) is 3.04. The van der Waals surface area contributed by atoms with E-state index in [0.717, 1.165) is 5.92 Å². The highest BCUT2D eigenvalue weighted by atomic mass is 79.9. The van der Waals surface area contributed by atoms with Crippen LogP contribution in [-0.2, 0) is 19.4 Å². The minimum Gasteiger partial charge on any atom is -0.343 e. The molecule has 1 aromatic carbocycles. The van der Waals surface area contributed by atoms with Crippen LogP contribution < -0.4 is 5.32 Å². The molecule has 0 radical (unpaired) electrons. The second-order valence-corrected chi connectivity index (χ2v) is 7.16. The fourth-order valence-corrected chi connectivity index (χ4v) is 4.48. The van der Waals surface area contributed by atoms with E-state index in [1.54, 1.807) is 5.56 Å². The first-order chi connectivity index (χ1) is 9.74. The topological polar surface area (TPSA) is 17.0 Å². The summed E-state index contributed by atoms with van der Waals surface area (Å²) in [5, 5.41) is 4.91. The van der Waals surface area contributed by atoms with Gasteiger partial charge in [0.15, 0.2) is 0 Å². The molecule has 0 bridgehead atoms. The molecular formula is C17H21BrN2. The summed E-state index contributed by atoms with van der Waals surface area (Å²) in [5.74, 6) is 0.824. The zero-order valence-corrected chi connectivity index (χ0v) is 13.6. The number of hydrogen-bond acceptors (Lipinski definition) is 1. The first-order valence-corrected chi connectivity index (χ1v) is 8.54. The Hall–Kier alpha value is -0.800. The van der Waals surface area contributed by atoms with Gasteiger partial charge in [-0.3, -0.25) is 0 Å². The molecule has 3 heterocycles. The molecule has 1 saturated heterocycles. The van der Waals surface area contributed by atoms with Crippen molar-refractivity contribution in [2.45, 2.75) is 39.2 Å². The number of nitrogens with zero attached hydrogens (tertiary/aromatic N) is 1. The Morgan fingerprint density at radius 2 is 2.30 bits per heavy atom. The molecular weight excluding hydrogens is 312 g/mol. The highest BCUT2D eigenvalue weighted by Crippen LogP contribution is 2.37. The second-order valence-electron chi connectivity index (χ2n) is 6.37. The summed E-state index contributed by atoms with van der Waals surface area (Å²) in [6.07, 6.45) is 5.07. The smallest absolute Gasteiger partial charge is 0.0526 e. The van der Waals surface area contributed by atoms with Gasteiger partial charge in [-0.1, -0.05) is 6.07 Å². The molecule has 2 aromatic rings. The lowest BCUT2D eigenvalue weighted by Gasteiger charge is -2.18. The van der Waals surface area contributed by atoms with Gasteiger partial charge in [-0.2, -0.15) is 0 Å². The van der Waals surface area contributed by atoms with Gasteiger partial charge in [-0.15, -0.1) is 0 Å². The summed E-state index contributed by atoms with van der Waals surface area (Å²) in [5.41, 5.74) is 5.96. The number of halogens is 1. The van der Waals surface area contributed by atoms with Crippen LogP contribution in [0.25, 0.3) is 10.9 Å². The molecule has 3 heteroatoms. The van der Waals surface area contributed by atoms with Crippen LogP contribution in [0.3, 0.4) is 0 Å². The first-order valence-electron chi connectivity index (χ1n) is 7.75. The molecule has 1 N–H and O–H groups in total. The zero-order valence-electron chi connectivity index (χ0n) is 12.0. The molecule has 1 atom stereocenters. The van der Waals surface area contributed by atoms with Crippen LogP contribution in [0.4, 0.5) is 0 Å². The predicted octanol–water partition coefficient (Wildman–Crippen LogP) is 3.81. The van der Waals surface area contributed by atoms with E-state index in [9.17, 15) is 0 Å². The lowest BCUT2D eigenvalue weighted by atomic mass is 9.94. The van der Waals surface area contributed by atoms with Crippen molar-refractivity contribution in [2.75, 3.05) is 13.1 Å². The maximum Gasteiger partial charge on any atom is 0.0526 e. The van der Waals surface area contributed by atoms with E-state index in [-0.39, 0.29) is 0 Å². The Labute approximate surface area is 128 Å². The lowest BCUT2D eigenvalue weighted by molar-refractivity contribution is 0.579. The quantitative estimate of drug-likeness (QED) is 0.884. The van der Waals surface area contributed by atoms with Gasteiger partial charge in [-0.25, -0.2) is 0 Å². The van der Waals surface area contributed by atoms with Crippen LogP contribution in [0.2, 0.25) is 0 Å². The van der Waals surface area contributed by atoms with Gasteiger partial charge in [0, 0.05) is 22.1 Å². The lowest BCUT2D eigenvalue weighted by Crippen LogP contribution is -2.12. The summed E-state index contributed by atoms with van der Waals surface area (Å²) in [6.45, 7) is 5.79. The molecule has 2 aliphatic rings. The van der Waals surface area contributed by atoms with Crippen LogP contribution in [0, 0.1) is 12.8 Å². The van der Waals surface area contributed by atoms with Crippen molar-refractivity contribution in [2.24, 2.45) is 5.92 Å². The molecule has 2 nitrogen and oxygen atoms in total. The van der Waals surface area contributed by atoms with Crippen LogP contribution in [-0.4, -0.2) is 17.7 Å². The van der Waals surface area contributed by atoms with E-state index in [1.807, 2.05) is 0 Å². The maximum atomic E-state index is 3.82.